The minimum absolute atomic E-state index is 0.140. The number of carbonyl (C=O) groups excluding carboxylic acids is 1. The van der Waals surface area contributed by atoms with Gasteiger partial charge in [-0.2, -0.15) is 0 Å². The van der Waals surface area contributed by atoms with Gasteiger partial charge in [0, 0.05) is 25.7 Å². The number of carbonyl (C=O) groups is 1. The zero-order chi connectivity index (χ0) is 12.8. The van der Waals surface area contributed by atoms with Crippen LogP contribution in [-0.2, 0) is 4.79 Å². The van der Waals surface area contributed by atoms with Crippen LogP contribution in [0.25, 0.3) is 0 Å². The normalized spacial score (nSPS) is 19.5. The van der Waals surface area contributed by atoms with E-state index in [0.29, 0.717) is 12.5 Å². The smallest absolute Gasteiger partial charge is 0.227 e. The summed E-state index contributed by atoms with van der Waals surface area (Å²) >= 11 is 0. The summed E-state index contributed by atoms with van der Waals surface area (Å²) in [5, 5.41) is 3.47. The molecule has 1 aromatic heterocycles. The van der Waals surface area contributed by atoms with Crippen molar-refractivity contribution in [1.29, 1.82) is 0 Å². The number of nitrogens with zero attached hydrogens (tertiary/aromatic N) is 2. The largest absolute Gasteiger partial charge is 0.314 e. The molecule has 1 fully saturated rings. The maximum absolute atomic E-state index is 12.0. The molecule has 0 bridgehead atoms. The highest BCUT2D eigenvalue weighted by Crippen LogP contribution is 2.14. The van der Waals surface area contributed by atoms with Crippen molar-refractivity contribution in [3.05, 3.63) is 24.4 Å². The molecule has 0 aliphatic carbocycles. The summed E-state index contributed by atoms with van der Waals surface area (Å²) in [4.78, 5) is 17.9. The van der Waals surface area contributed by atoms with Gasteiger partial charge in [-0.25, -0.2) is 4.98 Å². The van der Waals surface area contributed by atoms with E-state index >= 15 is 0 Å². The fourth-order valence-electron chi connectivity index (χ4n) is 2.32. The van der Waals surface area contributed by atoms with Crippen molar-refractivity contribution in [3.63, 3.8) is 0 Å². The number of piperidine rings is 1. The summed E-state index contributed by atoms with van der Waals surface area (Å²) in [7, 11) is 1.79. The Hall–Kier alpha value is -1.42. The third-order valence-corrected chi connectivity index (χ3v) is 3.49. The molecule has 0 spiro atoms. The van der Waals surface area contributed by atoms with Gasteiger partial charge in [0.15, 0.2) is 0 Å². The van der Waals surface area contributed by atoms with Crippen LogP contribution in [0.1, 0.15) is 32.1 Å². The van der Waals surface area contributed by atoms with E-state index in [1.54, 1.807) is 18.1 Å². The van der Waals surface area contributed by atoms with Crippen molar-refractivity contribution in [2.75, 3.05) is 18.5 Å². The number of hydrogen-bond acceptors (Lipinski definition) is 3. The van der Waals surface area contributed by atoms with Crippen molar-refractivity contribution in [2.24, 2.45) is 0 Å². The maximum atomic E-state index is 12.0. The van der Waals surface area contributed by atoms with Crippen LogP contribution in [0.5, 0.6) is 0 Å². The Bertz CT molecular complexity index is 374. The molecule has 18 heavy (non-hydrogen) atoms. The number of nitrogens with one attached hydrogen (secondary N) is 1. The van der Waals surface area contributed by atoms with Crippen molar-refractivity contribution in [1.82, 2.24) is 10.3 Å². The highest BCUT2D eigenvalue weighted by molar-refractivity contribution is 5.91. The molecule has 1 aliphatic heterocycles. The molecule has 1 aromatic rings. The standard InChI is InChI=1S/C14H21N3O/c1-17(13-7-3-5-11-16-13)14(18)9-8-12-6-2-4-10-15-12/h3,5,7,11-12,15H,2,4,6,8-10H2,1H3. The third kappa shape index (κ3) is 3.53. The molecule has 2 heterocycles. The van der Waals surface area contributed by atoms with Gasteiger partial charge in [-0.15, -0.1) is 0 Å². The minimum Gasteiger partial charge on any atom is -0.314 e. The van der Waals surface area contributed by atoms with Gasteiger partial charge in [0.25, 0.3) is 0 Å². The van der Waals surface area contributed by atoms with Crippen LogP contribution in [0.3, 0.4) is 0 Å². The van der Waals surface area contributed by atoms with Crippen molar-refractivity contribution >= 4 is 11.7 Å². The first-order valence-electron chi connectivity index (χ1n) is 6.68. The first-order chi connectivity index (χ1) is 8.77. The third-order valence-electron chi connectivity index (χ3n) is 3.49. The Morgan fingerprint density at radius 1 is 1.50 bits per heavy atom. The number of amides is 1. The topological polar surface area (TPSA) is 45.2 Å². The van der Waals surface area contributed by atoms with Crippen LogP contribution in [0, 0.1) is 0 Å². The van der Waals surface area contributed by atoms with E-state index in [0.717, 1.165) is 18.8 Å². The molecule has 1 atom stereocenters. The Balaban J connectivity index is 1.80. The number of hydrogen-bond donors (Lipinski definition) is 1. The van der Waals surface area contributed by atoms with Crippen LogP contribution in [0.2, 0.25) is 0 Å². The van der Waals surface area contributed by atoms with Gasteiger partial charge < -0.3 is 5.32 Å². The van der Waals surface area contributed by atoms with Crippen molar-refractivity contribution in [2.45, 2.75) is 38.1 Å². The predicted octanol–water partition coefficient (Wildman–Crippen LogP) is 1.97. The number of pyridine rings is 1. The molecule has 4 heteroatoms. The second kappa shape index (κ2) is 6.50. The summed E-state index contributed by atoms with van der Waals surface area (Å²) in [6.07, 6.45) is 6.96. The summed E-state index contributed by atoms with van der Waals surface area (Å²) in [5.74, 6) is 0.861. The van der Waals surface area contributed by atoms with Crippen LogP contribution in [0.4, 0.5) is 5.82 Å². The molecule has 0 saturated carbocycles. The average molecular weight is 247 g/mol. The Morgan fingerprint density at radius 3 is 3.06 bits per heavy atom. The number of anilines is 1. The van der Waals surface area contributed by atoms with E-state index in [1.807, 2.05) is 18.2 Å². The second-order valence-electron chi connectivity index (χ2n) is 4.83. The quantitative estimate of drug-likeness (QED) is 0.884. The van der Waals surface area contributed by atoms with E-state index in [2.05, 4.69) is 10.3 Å². The monoisotopic (exact) mass is 247 g/mol. The van der Waals surface area contributed by atoms with Crippen LogP contribution in [-0.4, -0.2) is 30.5 Å². The van der Waals surface area contributed by atoms with Crippen molar-refractivity contribution in [3.8, 4) is 0 Å². The highest BCUT2D eigenvalue weighted by atomic mass is 16.2. The zero-order valence-corrected chi connectivity index (χ0v) is 10.9. The second-order valence-corrected chi connectivity index (χ2v) is 4.83. The number of rotatable bonds is 4. The molecule has 4 nitrogen and oxygen atoms in total. The van der Waals surface area contributed by atoms with E-state index < -0.39 is 0 Å². The van der Waals surface area contributed by atoms with Gasteiger partial charge in [0.1, 0.15) is 5.82 Å². The van der Waals surface area contributed by atoms with Gasteiger partial charge in [0.05, 0.1) is 0 Å². The Kier molecular flexibility index (Phi) is 4.70. The van der Waals surface area contributed by atoms with Gasteiger partial charge >= 0.3 is 0 Å². The number of aromatic nitrogens is 1. The molecule has 1 amide bonds. The van der Waals surface area contributed by atoms with E-state index in [-0.39, 0.29) is 5.91 Å². The Labute approximate surface area is 108 Å². The lowest BCUT2D eigenvalue weighted by atomic mass is 10.0. The average Bonchev–Trinajstić information content (AvgIpc) is 2.46. The fraction of sp³-hybridized carbons (Fsp3) is 0.571. The molecular weight excluding hydrogens is 226 g/mol. The lowest BCUT2D eigenvalue weighted by Crippen LogP contribution is -2.35. The molecule has 0 aromatic carbocycles. The lowest BCUT2D eigenvalue weighted by molar-refractivity contribution is -0.118. The summed E-state index contributed by atoms with van der Waals surface area (Å²) in [5.41, 5.74) is 0. The van der Waals surface area contributed by atoms with Gasteiger partial charge in [-0.1, -0.05) is 12.5 Å². The highest BCUT2D eigenvalue weighted by Gasteiger charge is 2.16. The first-order valence-corrected chi connectivity index (χ1v) is 6.68. The van der Waals surface area contributed by atoms with E-state index in [9.17, 15) is 4.79 Å². The molecule has 98 valence electrons. The first kappa shape index (κ1) is 13.0. The molecule has 1 N–H and O–H groups in total. The van der Waals surface area contributed by atoms with Crippen LogP contribution in [0.15, 0.2) is 24.4 Å². The molecule has 1 aliphatic rings. The molecule has 1 saturated heterocycles. The maximum Gasteiger partial charge on any atom is 0.227 e. The van der Waals surface area contributed by atoms with Crippen molar-refractivity contribution < 1.29 is 4.79 Å². The van der Waals surface area contributed by atoms with Gasteiger partial charge in [0.2, 0.25) is 5.91 Å². The van der Waals surface area contributed by atoms with Gasteiger partial charge in [-0.3, -0.25) is 9.69 Å². The summed E-state index contributed by atoms with van der Waals surface area (Å²) in [6.45, 7) is 1.09. The molecule has 2 rings (SSSR count). The molecule has 1 unspecified atom stereocenters. The predicted molar refractivity (Wildman–Crippen MR) is 72.5 cm³/mol. The van der Waals surface area contributed by atoms with Crippen LogP contribution >= 0.6 is 0 Å². The SMILES string of the molecule is CN(C(=O)CCC1CCCCN1)c1ccccn1. The van der Waals surface area contributed by atoms with E-state index in [4.69, 9.17) is 0 Å². The Morgan fingerprint density at radius 2 is 2.39 bits per heavy atom. The molecule has 0 radical (unpaired) electrons. The van der Waals surface area contributed by atoms with Crippen LogP contribution < -0.4 is 10.2 Å². The fourth-order valence-corrected chi connectivity index (χ4v) is 2.32. The zero-order valence-electron chi connectivity index (χ0n) is 10.9. The summed E-state index contributed by atoms with van der Waals surface area (Å²) in [6, 6.07) is 6.12. The minimum atomic E-state index is 0.140. The lowest BCUT2D eigenvalue weighted by Gasteiger charge is -2.24. The van der Waals surface area contributed by atoms with E-state index in [1.165, 1.54) is 19.3 Å². The van der Waals surface area contributed by atoms with Gasteiger partial charge in [-0.05, 0) is 37.9 Å². The summed E-state index contributed by atoms with van der Waals surface area (Å²) < 4.78 is 0. The molecular formula is C14H21N3O.